The topological polar surface area (TPSA) is 46.2 Å². The quantitative estimate of drug-likeness (QED) is 0.919. The molecule has 6 heteroatoms. The van der Waals surface area contributed by atoms with E-state index in [2.05, 4.69) is 5.32 Å². The van der Waals surface area contributed by atoms with E-state index in [4.69, 9.17) is 11.6 Å². The summed E-state index contributed by atoms with van der Waals surface area (Å²) in [6.07, 6.45) is 1.13. The first-order chi connectivity index (χ1) is 7.77. The van der Waals surface area contributed by atoms with E-state index in [1.165, 1.54) is 12.1 Å². The van der Waals surface area contributed by atoms with E-state index >= 15 is 0 Å². The van der Waals surface area contributed by atoms with Crippen LogP contribution in [0.25, 0.3) is 0 Å². The maximum absolute atomic E-state index is 13.7. The van der Waals surface area contributed by atoms with Crippen LogP contribution in [0.15, 0.2) is 18.2 Å². The largest absolute Gasteiger partial charge is 0.312 e. The van der Waals surface area contributed by atoms with Crippen LogP contribution in [-0.4, -0.2) is 27.0 Å². The number of rotatable bonds is 4. The minimum absolute atomic E-state index is 0.285. The van der Waals surface area contributed by atoms with Crippen molar-refractivity contribution in [1.82, 2.24) is 5.32 Å². The molecule has 0 fully saturated rings. The zero-order chi connectivity index (χ0) is 13.2. The Bertz CT molecular complexity index is 504. The Balaban J connectivity index is 3.19. The molecule has 0 spiro atoms. The molecule has 0 aromatic heterocycles. The van der Waals surface area contributed by atoms with Crippen LogP contribution in [-0.2, 0) is 9.84 Å². The van der Waals surface area contributed by atoms with E-state index in [0.717, 1.165) is 6.26 Å². The van der Waals surface area contributed by atoms with Crippen molar-refractivity contribution in [2.45, 2.75) is 18.2 Å². The Labute approximate surface area is 106 Å². The van der Waals surface area contributed by atoms with Gasteiger partial charge in [-0.1, -0.05) is 17.7 Å². The third kappa shape index (κ3) is 3.40. The molecule has 0 amide bonds. The Hall–Kier alpha value is -0.650. The Morgan fingerprint density at radius 2 is 2.00 bits per heavy atom. The molecule has 0 saturated heterocycles. The summed E-state index contributed by atoms with van der Waals surface area (Å²) in [7, 11) is -1.65. The molecular formula is C11H15ClFNO2S. The van der Waals surface area contributed by atoms with Crippen LogP contribution >= 0.6 is 11.6 Å². The lowest BCUT2D eigenvalue weighted by Crippen LogP contribution is -2.33. The first-order valence-corrected chi connectivity index (χ1v) is 7.41. The van der Waals surface area contributed by atoms with E-state index < -0.39 is 26.9 Å². The molecule has 0 aliphatic heterocycles. The molecule has 3 nitrogen and oxygen atoms in total. The molecule has 1 rings (SSSR count). The molecule has 2 unspecified atom stereocenters. The molecular weight excluding hydrogens is 265 g/mol. The summed E-state index contributed by atoms with van der Waals surface area (Å²) in [6.45, 7) is 1.55. The second-order valence-corrected chi connectivity index (χ2v) is 6.81. The van der Waals surface area contributed by atoms with Gasteiger partial charge >= 0.3 is 0 Å². The lowest BCUT2D eigenvalue weighted by molar-refractivity contribution is 0.508. The van der Waals surface area contributed by atoms with Crippen molar-refractivity contribution < 1.29 is 12.8 Å². The van der Waals surface area contributed by atoms with Gasteiger partial charge in [0.15, 0.2) is 9.84 Å². The van der Waals surface area contributed by atoms with Gasteiger partial charge in [0.2, 0.25) is 0 Å². The fourth-order valence-electron chi connectivity index (χ4n) is 1.64. The molecule has 96 valence electrons. The lowest BCUT2D eigenvalue weighted by atomic mass is 10.0. The average molecular weight is 280 g/mol. The predicted molar refractivity (Wildman–Crippen MR) is 67.5 cm³/mol. The second kappa shape index (κ2) is 5.33. The van der Waals surface area contributed by atoms with Gasteiger partial charge in [0, 0.05) is 16.8 Å². The molecule has 0 heterocycles. The number of hydrogen-bond donors (Lipinski definition) is 1. The fourth-order valence-corrected chi connectivity index (χ4v) is 2.58. The molecule has 1 N–H and O–H groups in total. The minimum Gasteiger partial charge on any atom is -0.312 e. The van der Waals surface area contributed by atoms with E-state index in [-0.39, 0.29) is 5.02 Å². The van der Waals surface area contributed by atoms with Gasteiger partial charge in [0.05, 0.1) is 11.3 Å². The van der Waals surface area contributed by atoms with Crippen LogP contribution in [0.3, 0.4) is 0 Å². The van der Waals surface area contributed by atoms with Crippen LogP contribution in [0.1, 0.15) is 18.5 Å². The molecule has 0 aliphatic carbocycles. The molecule has 2 atom stereocenters. The van der Waals surface area contributed by atoms with Crippen molar-refractivity contribution in [3.63, 3.8) is 0 Å². The summed E-state index contributed by atoms with van der Waals surface area (Å²) >= 11 is 5.66. The zero-order valence-corrected chi connectivity index (χ0v) is 11.4. The molecule has 0 aliphatic rings. The lowest BCUT2D eigenvalue weighted by Gasteiger charge is -2.23. The van der Waals surface area contributed by atoms with Crippen molar-refractivity contribution in [3.8, 4) is 0 Å². The van der Waals surface area contributed by atoms with Gasteiger partial charge in [-0.05, 0) is 26.1 Å². The monoisotopic (exact) mass is 279 g/mol. The normalized spacial score (nSPS) is 15.6. The number of nitrogens with one attached hydrogen (secondary N) is 1. The third-order valence-electron chi connectivity index (χ3n) is 2.75. The second-order valence-electron chi connectivity index (χ2n) is 3.97. The van der Waals surface area contributed by atoms with E-state index in [9.17, 15) is 12.8 Å². The maximum atomic E-state index is 13.7. The smallest absolute Gasteiger partial charge is 0.151 e. The van der Waals surface area contributed by atoms with Crippen LogP contribution in [0.5, 0.6) is 0 Å². The van der Waals surface area contributed by atoms with E-state index in [0.29, 0.717) is 5.56 Å². The summed E-state index contributed by atoms with van der Waals surface area (Å²) in [5.41, 5.74) is 0.301. The number of hydrogen-bond acceptors (Lipinski definition) is 3. The van der Waals surface area contributed by atoms with Crippen LogP contribution in [0, 0.1) is 5.82 Å². The number of benzene rings is 1. The molecule has 0 saturated carbocycles. The molecule has 0 bridgehead atoms. The van der Waals surface area contributed by atoms with Crippen LogP contribution in [0.4, 0.5) is 4.39 Å². The van der Waals surface area contributed by atoms with Crippen molar-refractivity contribution in [2.75, 3.05) is 13.3 Å². The van der Waals surface area contributed by atoms with E-state index in [1.807, 2.05) is 0 Å². The Kier molecular flexibility index (Phi) is 4.52. The first kappa shape index (κ1) is 14.4. The molecule has 0 radical (unpaired) electrons. The third-order valence-corrected chi connectivity index (χ3v) is 4.61. The molecule has 17 heavy (non-hydrogen) atoms. The highest BCUT2D eigenvalue weighted by Gasteiger charge is 2.28. The standard InChI is InChI=1S/C11H15ClFNO2S/c1-7(17(3,15)16)11(14-2)9-5-4-8(12)6-10(9)13/h4-7,11,14H,1-3H3. The summed E-state index contributed by atoms with van der Waals surface area (Å²) < 4.78 is 36.7. The zero-order valence-electron chi connectivity index (χ0n) is 9.87. The summed E-state index contributed by atoms with van der Waals surface area (Å²) in [5, 5.41) is 2.39. The van der Waals surface area contributed by atoms with Crippen molar-refractivity contribution in [1.29, 1.82) is 0 Å². The van der Waals surface area contributed by atoms with Gasteiger partial charge in [-0.3, -0.25) is 0 Å². The Morgan fingerprint density at radius 1 is 1.41 bits per heavy atom. The predicted octanol–water partition coefficient (Wildman–Crippen LogP) is 2.17. The van der Waals surface area contributed by atoms with Gasteiger partial charge in [0.1, 0.15) is 5.82 Å². The van der Waals surface area contributed by atoms with E-state index in [1.54, 1.807) is 20.0 Å². The van der Waals surface area contributed by atoms with Gasteiger partial charge in [0.25, 0.3) is 0 Å². The van der Waals surface area contributed by atoms with Crippen molar-refractivity contribution >= 4 is 21.4 Å². The van der Waals surface area contributed by atoms with Crippen LogP contribution in [0.2, 0.25) is 5.02 Å². The van der Waals surface area contributed by atoms with Gasteiger partial charge in [-0.2, -0.15) is 0 Å². The SMILES string of the molecule is CNC(c1ccc(Cl)cc1F)C(C)S(C)(=O)=O. The summed E-state index contributed by atoms with van der Waals surface area (Å²) in [6, 6.07) is 3.62. The highest BCUT2D eigenvalue weighted by Crippen LogP contribution is 2.25. The highest BCUT2D eigenvalue weighted by molar-refractivity contribution is 7.91. The van der Waals surface area contributed by atoms with Crippen molar-refractivity contribution in [3.05, 3.63) is 34.6 Å². The summed E-state index contributed by atoms with van der Waals surface area (Å²) in [5.74, 6) is -0.507. The molecule has 1 aromatic rings. The number of sulfone groups is 1. The Morgan fingerprint density at radius 3 is 2.41 bits per heavy atom. The van der Waals surface area contributed by atoms with Gasteiger partial charge < -0.3 is 5.32 Å². The van der Waals surface area contributed by atoms with Gasteiger partial charge in [-0.25, -0.2) is 12.8 Å². The summed E-state index contributed by atoms with van der Waals surface area (Å²) in [4.78, 5) is 0. The average Bonchev–Trinajstić information content (AvgIpc) is 2.20. The number of halogens is 2. The highest BCUT2D eigenvalue weighted by atomic mass is 35.5. The first-order valence-electron chi connectivity index (χ1n) is 5.08. The maximum Gasteiger partial charge on any atom is 0.151 e. The fraction of sp³-hybridized carbons (Fsp3) is 0.455. The molecule has 1 aromatic carbocycles. The van der Waals surface area contributed by atoms with Gasteiger partial charge in [-0.15, -0.1) is 0 Å². The minimum atomic E-state index is -3.25. The van der Waals surface area contributed by atoms with Crippen molar-refractivity contribution in [2.24, 2.45) is 0 Å². The van der Waals surface area contributed by atoms with Crippen LogP contribution < -0.4 is 5.32 Å².